The number of hydrogen-bond donors (Lipinski definition) is 2. The molecule has 0 bridgehead atoms. The van der Waals surface area contributed by atoms with E-state index in [1.807, 2.05) is 45.0 Å². The second kappa shape index (κ2) is 7.80. The number of carbonyl (C=O) groups is 1. The van der Waals surface area contributed by atoms with E-state index in [0.717, 1.165) is 11.1 Å². The van der Waals surface area contributed by atoms with Crippen molar-refractivity contribution in [2.24, 2.45) is 0 Å². The Balaban J connectivity index is 2.11. The van der Waals surface area contributed by atoms with Crippen LogP contribution in [-0.2, 0) is 13.1 Å². The van der Waals surface area contributed by atoms with E-state index in [0.29, 0.717) is 18.8 Å². The number of hydrogen-bond acceptors (Lipinski definition) is 4. The second-order valence-corrected chi connectivity index (χ2v) is 7.12. The molecule has 2 N–H and O–H groups in total. The Labute approximate surface area is 162 Å². The highest BCUT2D eigenvalue weighted by Crippen LogP contribution is 2.20. The lowest BCUT2D eigenvalue weighted by molar-refractivity contribution is 0.0952. The minimum absolute atomic E-state index is 0.0346. The van der Waals surface area contributed by atoms with Gasteiger partial charge < -0.3 is 5.32 Å². The largest absolute Gasteiger partial charge is 0.348 e. The number of benzene rings is 1. The molecule has 0 aliphatic heterocycles. The van der Waals surface area contributed by atoms with Crippen LogP contribution < -0.4 is 16.6 Å². The maximum absolute atomic E-state index is 12.9. The predicted octanol–water partition coefficient (Wildman–Crippen LogP) is 2.47. The number of nitrogens with zero attached hydrogens (tertiary/aromatic N) is 2. The number of aromatic amines is 1. The fourth-order valence-electron chi connectivity index (χ4n) is 3.16. The minimum Gasteiger partial charge on any atom is -0.348 e. The van der Waals surface area contributed by atoms with Crippen molar-refractivity contribution in [1.82, 2.24) is 19.9 Å². The number of aryl methyl sites for hydroxylation is 2. The van der Waals surface area contributed by atoms with Crippen molar-refractivity contribution in [3.05, 3.63) is 73.6 Å². The van der Waals surface area contributed by atoms with Crippen LogP contribution >= 0.6 is 0 Å². The van der Waals surface area contributed by atoms with Gasteiger partial charge in [-0.15, -0.1) is 0 Å². The third-order valence-electron chi connectivity index (χ3n) is 4.66. The van der Waals surface area contributed by atoms with Gasteiger partial charge in [-0.25, -0.2) is 9.78 Å². The van der Waals surface area contributed by atoms with Gasteiger partial charge in [0.2, 0.25) is 0 Å². The number of fused-ring (bicyclic) bond motifs is 1. The third kappa shape index (κ3) is 3.74. The Morgan fingerprint density at radius 1 is 1.25 bits per heavy atom. The van der Waals surface area contributed by atoms with Gasteiger partial charge in [-0.3, -0.25) is 19.1 Å². The molecule has 146 valence electrons. The fraction of sp³-hybridized carbons (Fsp3) is 0.333. The first-order chi connectivity index (χ1) is 13.3. The van der Waals surface area contributed by atoms with Gasteiger partial charge in [-0.2, -0.15) is 0 Å². The molecule has 28 heavy (non-hydrogen) atoms. The zero-order valence-corrected chi connectivity index (χ0v) is 16.5. The van der Waals surface area contributed by atoms with Crippen LogP contribution in [0.2, 0.25) is 0 Å². The molecule has 0 saturated carbocycles. The van der Waals surface area contributed by atoms with Crippen molar-refractivity contribution in [1.29, 1.82) is 0 Å². The summed E-state index contributed by atoms with van der Waals surface area (Å²) in [5, 5.41) is 3.01. The highest BCUT2D eigenvalue weighted by atomic mass is 16.2. The van der Waals surface area contributed by atoms with Gasteiger partial charge >= 0.3 is 5.69 Å². The quantitative estimate of drug-likeness (QED) is 0.711. The third-order valence-corrected chi connectivity index (χ3v) is 4.66. The van der Waals surface area contributed by atoms with E-state index in [-0.39, 0.29) is 28.4 Å². The lowest BCUT2D eigenvalue weighted by Crippen LogP contribution is -2.33. The highest BCUT2D eigenvalue weighted by Gasteiger charge is 2.20. The Morgan fingerprint density at radius 3 is 2.64 bits per heavy atom. The Hall–Kier alpha value is -3.22. The number of amides is 1. The van der Waals surface area contributed by atoms with E-state index >= 15 is 0 Å². The summed E-state index contributed by atoms with van der Waals surface area (Å²) in [6.07, 6.45) is 0. The Kier molecular flexibility index (Phi) is 5.44. The fourth-order valence-corrected chi connectivity index (χ4v) is 3.16. The van der Waals surface area contributed by atoms with Crippen LogP contribution in [0.3, 0.4) is 0 Å². The number of rotatable bonds is 5. The van der Waals surface area contributed by atoms with Gasteiger partial charge in [0.1, 0.15) is 0 Å². The van der Waals surface area contributed by atoms with Crippen molar-refractivity contribution in [2.75, 3.05) is 0 Å². The molecule has 0 unspecified atom stereocenters. The monoisotopic (exact) mass is 380 g/mol. The number of carbonyl (C=O) groups excluding carboxylic acids is 1. The summed E-state index contributed by atoms with van der Waals surface area (Å²) in [5.74, 6) is -0.338. The lowest BCUT2D eigenvalue weighted by Gasteiger charge is -2.14. The van der Waals surface area contributed by atoms with Gasteiger partial charge in [0.05, 0.1) is 10.9 Å². The predicted molar refractivity (Wildman–Crippen MR) is 109 cm³/mol. The molecule has 7 nitrogen and oxygen atoms in total. The average Bonchev–Trinajstić information content (AvgIpc) is 2.65. The summed E-state index contributed by atoms with van der Waals surface area (Å²) in [5.41, 5.74) is 2.06. The maximum Gasteiger partial charge on any atom is 0.329 e. The lowest BCUT2D eigenvalue weighted by atomic mass is 10.0. The topological polar surface area (TPSA) is 96.9 Å². The van der Waals surface area contributed by atoms with Crippen LogP contribution in [0.15, 0.2) is 39.9 Å². The molecule has 1 amide bonds. The molecule has 2 aromatic heterocycles. The van der Waals surface area contributed by atoms with E-state index < -0.39 is 11.2 Å². The molecule has 0 aliphatic rings. The van der Waals surface area contributed by atoms with Crippen molar-refractivity contribution in [3.63, 3.8) is 0 Å². The van der Waals surface area contributed by atoms with Crippen LogP contribution in [0, 0.1) is 6.92 Å². The van der Waals surface area contributed by atoms with Crippen molar-refractivity contribution >= 4 is 16.9 Å². The first kappa shape index (κ1) is 19.5. The van der Waals surface area contributed by atoms with Gasteiger partial charge in [-0.1, -0.05) is 43.7 Å². The molecule has 0 atom stereocenters. The van der Waals surface area contributed by atoms with Gasteiger partial charge in [0.15, 0.2) is 5.65 Å². The molecule has 3 rings (SSSR count). The van der Waals surface area contributed by atoms with Crippen LogP contribution in [0.5, 0.6) is 0 Å². The molecule has 0 aliphatic carbocycles. The van der Waals surface area contributed by atoms with E-state index in [9.17, 15) is 14.4 Å². The Bertz CT molecular complexity index is 1160. The van der Waals surface area contributed by atoms with Crippen LogP contribution in [-0.4, -0.2) is 20.4 Å². The van der Waals surface area contributed by atoms with Gasteiger partial charge in [0.25, 0.3) is 11.5 Å². The normalized spacial score (nSPS) is 11.2. The van der Waals surface area contributed by atoms with Gasteiger partial charge in [0, 0.05) is 18.8 Å². The number of nitrogens with one attached hydrogen (secondary N) is 2. The highest BCUT2D eigenvalue weighted by molar-refractivity contribution is 6.05. The maximum atomic E-state index is 12.9. The standard InChI is InChI=1S/C21H24N4O3/c1-5-25-18-17(20(27)24-21(25)28)15(10-16(23-18)12(2)3)19(26)22-11-14-8-6-7-13(4)9-14/h6-10,12H,5,11H2,1-4H3,(H,22,26)(H,24,27,28). The summed E-state index contributed by atoms with van der Waals surface area (Å²) in [4.78, 5) is 44.4. The zero-order chi connectivity index (χ0) is 20.4. The van der Waals surface area contributed by atoms with Crippen molar-refractivity contribution < 1.29 is 4.79 Å². The average molecular weight is 380 g/mol. The van der Waals surface area contributed by atoms with E-state index in [4.69, 9.17) is 0 Å². The molecule has 7 heteroatoms. The summed E-state index contributed by atoms with van der Waals surface area (Å²) in [6.45, 7) is 8.35. The van der Waals surface area contributed by atoms with E-state index in [1.165, 1.54) is 4.57 Å². The Morgan fingerprint density at radius 2 is 2.00 bits per heavy atom. The number of H-pyrrole nitrogens is 1. The molecule has 0 saturated heterocycles. The summed E-state index contributed by atoms with van der Waals surface area (Å²) < 4.78 is 1.37. The molecule has 0 spiro atoms. The SMILES string of the molecule is CCn1c(=O)[nH]c(=O)c2c(C(=O)NCc3cccc(C)c3)cc(C(C)C)nc21. The molecule has 2 heterocycles. The number of pyridine rings is 1. The molecule has 1 aromatic carbocycles. The number of aromatic nitrogens is 3. The molecule has 0 fully saturated rings. The molecule has 3 aromatic rings. The van der Waals surface area contributed by atoms with Gasteiger partial charge in [-0.05, 0) is 31.4 Å². The summed E-state index contributed by atoms with van der Waals surface area (Å²) in [6, 6.07) is 9.48. The molecular formula is C21H24N4O3. The van der Waals surface area contributed by atoms with Crippen molar-refractivity contribution in [2.45, 2.75) is 46.7 Å². The summed E-state index contributed by atoms with van der Waals surface area (Å²) >= 11 is 0. The smallest absolute Gasteiger partial charge is 0.329 e. The first-order valence-corrected chi connectivity index (χ1v) is 9.33. The molecule has 0 radical (unpaired) electrons. The molecular weight excluding hydrogens is 356 g/mol. The van der Waals surface area contributed by atoms with E-state index in [2.05, 4.69) is 15.3 Å². The van der Waals surface area contributed by atoms with Crippen LogP contribution in [0.4, 0.5) is 0 Å². The minimum atomic E-state index is -0.604. The van der Waals surface area contributed by atoms with Crippen LogP contribution in [0.25, 0.3) is 11.0 Å². The van der Waals surface area contributed by atoms with Crippen LogP contribution in [0.1, 0.15) is 53.9 Å². The second-order valence-electron chi connectivity index (χ2n) is 7.12. The first-order valence-electron chi connectivity index (χ1n) is 9.33. The summed E-state index contributed by atoms with van der Waals surface area (Å²) in [7, 11) is 0. The van der Waals surface area contributed by atoms with E-state index in [1.54, 1.807) is 13.0 Å². The van der Waals surface area contributed by atoms with Crippen molar-refractivity contribution in [3.8, 4) is 0 Å². The zero-order valence-electron chi connectivity index (χ0n) is 16.5.